The van der Waals surface area contributed by atoms with E-state index in [4.69, 9.17) is 4.52 Å². The molecule has 1 fully saturated rings. The van der Waals surface area contributed by atoms with E-state index in [9.17, 15) is 4.79 Å². The van der Waals surface area contributed by atoms with Crippen molar-refractivity contribution in [3.63, 3.8) is 0 Å². The summed E-state index contributed by atoms with van der Waals surface area (Å²) in [6.45, 7) is 3.55. The molecule has 3 rings (SSSR count). The molecule has 1 aromatic carbocycles. The van der Waals surface area contributed by atoms with Crippen molar-refractivity contribution in [1.82, 2.24) is 15.0 Å². The quantitative estimate of drug-likeness (QED) is 0.867. The van der Waals surface area contributed by atoms with E-state index < -0.39 is 0 Å². The maximum atomic E-state index is 12.3. The number of hydrogen-bond donors (Lipinski definition) is 0. The lowest BCUT2D eigenvalue weighted by Gasteiger charge is -2.32. The number of carbonyl (C=O) groups is 1. The van der Waals surface area contributed by atoms with Gasteiger partial charge in [-0.15, -0.1) is 0 Å². The summed E-state index contributed by atoms with van der Waals surface area (Å²) in [5.41, 5.74) is 2.86. The van der Waals surface area contributed by atoms with Crippen LogP contribution in [0.1, 0.15) is 12.0 Å². The van der Waals surface area contributed by atoms with E-state index in [1.54, 1.807) is 6.26 Å². The summed E-state index contributed by atoms with van der Waals surface area (Å²) in [5.74, 6) is 0.216. The minimum Gasteiger partial charge on any atom is -0.364 e. The fourth-order valence-electron chi connectivity index (χ4n) is 2.72. The molecule has 0 aliphatic carbocycles. The van der Waals surface area contributed by atoms with Crippen LogP contribution in [-0.4, -0.2) is 54.1 Å². The van der Waals surface area contributed by atoms with Gasteiger partial charge in [0.05, 0.1) is 0 Å². The average Bonchev–Trinajstić information content (AvgIpc) is 3.02. The summed E-state index contributed by atoms with van der Waals surface area (Å²) >= 11 is 0. The lowest BCUT2D eigenvalue weighted by molar-refractivity contribution is -0.132. The number of hydrogen-bond acceptors (Lipinski definition) is 4. The third-order valence-electron chi connectivity index (χ3n) is 4.15. The Kier molecular flexibility index (Phi) is 4.53. The summed E-state index contributed by atoms with van der Waals surface area (Å²) in [5, 5.41) is 4.08. The van der Waals surface area contributed by atoms with Crippen LogP contribution in [-0.2, 0) is 11.2 Å². The number of carbonyl (C=O) groups excluding carboxylic acids is 1. The van der Waals surface area contributed by atoms with Gasteiger partial charge in [-0.2, -0.15) is 0 Å². The summed E-state index contributed by atoms with van der Waals surface area (Å²) in [4.78, 5) is 16.5. The number of amides is 1. The number of nitrogens with zero attached hydrogens (tertiary/aromatic N) is 3. The van der Waals surface area contributed by atoms with E-state index in [1.165, 1.54) is 0 Å². The Morgan fingerprint density at radius 2 is 1.91 bits per heavy atom. The van der Waals surface area contributed by atoms with Gasteiger partial charge in [0, 0.05) is 43.7 Å². The van der Waals surface area contributed by atoms with Crippen molar-refractivity contribution in [2.45, 2.75) is 12.8 Å². The molecule has 1 aliphatic rings. The standard InChI is InChI=1S/C17H21N3O2/c1-19-9-11-20(12-10-19)16(21)8-7-15-13-22-18-17(15)14-5-3-2-4-6-14/h2-6,13H,7-12H2,1H3. The topological polar surface area (TPSA) is 49.6 Å². The third-order valence-corrected chi connectivity index (χ3v) is 4.15. The van der Waals surface area contributed by atoms with Crippen LogP contribution in [0.2, 0.25) is 0 Å². The minimum atomic E-state index is 0.216. The molecule has 0 radical (unpaired) electrons. The monoisotopic (exact) mass is 299 g/mol. The van der Waals surface area contributed by atoms with Crippen LogP contribution in [0.4, 0.5) is 0 Å². The Balaban J connectivity index is 1.61. The molecule has 116 valence electrons. The molecular weight excluding hydrogens is 278 g/mol. The molecule has 0 saturated carbocycles. The summed E-state index contributed by atoms with van der Waals surface area (Å²) < 4.78 is 5.11. The zero-order chi connectivity index (χ0) is 15.4. The van der Waals surface area contributed by atoms with Crippen LogP contribution in [0.5, 0.6) is 0 Å². The van der Waals surface area contributed by atoms with Gasteiger partial charge in [-0.1, -0.05) is 35.5 Å². The second-order valence-corrected chi connectivity index (χ2v) is 5.74. The van der Waals surface area contributed by atoms with Gasteiger partial charge < -0.3 is 14.3 Å². The Bertz CT molecular complexity index is 616. The average molecular weight is 299 g/mol. The second-order valence-electron chi connectivity index (χ2n) is 5.74. The normalized spacial score (nSPS) is 16.0. The predicted molar refractivity (Wildman–Crippen MR) is 84.3 cm³/mol. The SMILES string of the molecule is CN1CCN(C(=O)CCc2conc2-c2ccccc2)CC1. The molecule has 0 unspecified atom stereocenters. The van der Waals surface area contributed by atoms with Crippen LogP contribution in [0.3, 0.4) is 0 Å². The maximum absolute atomic E-state index is 12.3. The zero-order valence-electron chi connectivity index (χ0n) is 12.9. The molecule has 0 atom stereocenters. The first-order valence-corrected chi connectivity index (χ1v) is 7.69. The molecule has 22 heavy (non-hydrogen) atoms. The number of benzene rings is 1. The number of rotatable bonds is 4. The highest BCUT2D eigenvalue weighted by Gasteiger charge is 2.19. The minimum absolute atomic E-state index is 0.216. The second kappa shape index (κ2) is 6.75. The van der Waals surface area contributed by atoms with Gasteiger partial charge in [-0.3, -0.25) is 4.79 Å². The van der Waals surface area contributed by atoms with Crippen LogP contribution in [0.25, 0.3) is 11.3 Å². The third kappa shape index (κ3) is 3.36. The van der Waals surface area contributed by atoms with Gasteiger partial charge in [-0.05, 0) is 13.5 Å². The summed E-state index contributed by atoms with van der Waals surface area (Å²) in [7, 11) is 2.09. The Hall–Kier alpha value is -2.14. The smallest absolute Gasteiger partial charge is 0.222 e. The number of aromatic nitrogens is 1. The largest absolute Gasteiger partial charge is 0.364 e. The fourth-order valence-corrected chi connectivity index (χ4v) is 2.72. The van der Waals surface area contributed by atoms with Gasteiger partial charge in [0.2, 0.25) is 5.91 Å². The van der Waals surface area contributed by atoms with Crippen LogP contribution in [0, 0.1) is 0 Å². The lowest BCUT2D eigenvalue weighted by Crippen LogP contribution is -2.47. The Morgan fingerprint density at radius 3 is 2.64 bits per heavy atom. The number of aryl methyl sites for hydroxylation is 1. The zero-order valence-corrected chi connectivity index (χ0v) is 12.9. The molecule has 0 spiro atoms. The first-order valence-electron chi connectivity index (χ1n) is 7.69. The molecule has 0 bridgehead atoms. The van der Waals surface area contributed by atoms with Gasteiger partial charge >= 0.3 is 0 Å². The highest BCUT2D eigenvalue weighted by atomic mass is 16.5. The molecule has 2 aromatic rings. The molecule has 0 N–H and O–H groups in total. The Morgan fingerprint density at radius 1 is 1.18 bits per heavy atom. The maximum Gasteiger partial charge on any atom is 0.222 e. The van der Waals surface area contributed by atoms with Crippen molar-refractivity contribution in [1.29, 1.82) is 0 Å². The van der Waals surface area contributed by atoms with Gasteiger partial charge in [0.15, 0.2) is 0 Å². The van der Waals surface area contributed by atoms with Crippen molar-refractivity contribution in [3.05, 3.63) is 42.2 Å². The van der Waals surface area contributed by atoms with Crippen molar-refractivity contribution in [2.75, 3.05) is 33.2 Å². The predicted octanol–water partition coefficient (Wildman–Crippen LogP) is 2.05. The summed E-state index contributed by atoms with van der Waals surface area (Å²) in [6.07, 6.45) is 2.82. The van der Waals surface area contributed by atoms with Crippen molar-refractivity contribution in [2.24, 2.45) is 0 Å². The van der Waals surface area contributed by atoms with E-state index in [2.05, 4.69) is 17.1 Å². The Labute approximate surface area is 130 Å². The van der Waals surface area contributed by atoms with E-state index >= 15 is 0 Å². The van der Waals surface area contributed by atoms with Crippen molar-refractivity contribution >= 4 is 5.91 Å². The molecule has 5 nitrogen and oxygen atoms in total. The van der Waals surface area contributed by atoms with Crippen molar-refractivity contribution in [3.8, 4) is 11.3 Å². The van der Waals surface area contributed by atoms with Crippen molar-refractivity contribution < 1.29 is 9.32 Å². The van der Waals surface area contributed by atoms with Crippen LogP contribution < -0.4 is 0 Å². The van der Waals surface area contributed by atoms with E-state index in [-0.39, 0.29) is 5.91 Å². The van der Waals surface area contributed by atoms with Gasteiger partial charge in [0.25, 0.3) is 0 Å². The van der Waals surface area contributed by atoms with E-state index in [1.807, 2.05) is 35.2 Å². The molecule has 1 aliphatic heterocycles. The molecule has 2 heterocycles. The molecule has 1 aromatic heterocycles. The lowest BCUT2D eigenvalue weighted by atomic mass is 10.0. The van der Waals surface area contributed by atoms with Crippen LogP contribution >= 0.6 is 0 Å². The fraction of sp³-hybridized carbons (Fsp3) is 0.412. The van der Waals surface area contributed by atoms with Crippen LogP contribution in [0.15, 0.2) is 41.1 Å². The highest BCUT2D eigenvalue weighted by molar-refractivity contribution is 5.77. The summed E-state index contributed by atoms with van der Waals surface area (Å²) in [6, 6.07) is 9.93. The molecule has 1 saturated heterocycles. The van der Waals surface area contributed by atoms with E-state index in [0.29, 0.717) is 12.8 Å². The first-order chi connectivity index (χ1) is 10.7. The van der Waals surface area contributed by atoms with E-state index in [0.717, 1.165) is 43.0 Å². The molecule has 5 heteroatoms. The highest BCUT2D eigenvalue weighted by Crippen LogP contribution is 2.23. The molecule has 1 amide bonds. The number of likely N-dealkylation sites (N-methyl/N-ethyl adjacent to an activating group) is 1. The van der Waals surface area contributed by atoms with Gasteiger partial charge in [0.1, 0.15) is 12.0 Å². The number of piperazine rings is 1. The first kappa shape index (κ1) is 14.8. The van der Waals surface area contributed by atoms with Gasteiger partial charge in [-0.25, -0.2) is 0 Å². The molecular formula is C17H21N3O2.